The highest BCUT2D eigenvalue weighted by molar-refractivity contribution is 7.91. The van der Waals surface area contributed by atoms with E-state index in [1.807, 2.05) is 13.8 Å². The molecule has 0 saturated carbocycles. The molecule has 0 unspecified atom stereocenters. The van der Waals surface area contributed by atoms with Crippen molar-refractivity contribution in [2.45, 2.75) is 62.6 Å². The van der Waals surface area contributed by atoms with Crippen molar-refractivity contribution in [2.24, 2.45) is 0 Å². The molecule has 130 valence electrons. The van der Waals surface area contributed by atoms with E-state index in [-0.39, 0.29) is 17.9 Å². The molecule has 1 saturated heterocycles. The lowest BCUT2D eigenvalue weighted by atomic mass is 9.99. The quantitative estimate of drug-likeness (QED) is 0.815. The Morgan fingerprint density at radius 1 is 1.30 bits per heavy atom. The largest absolute Gasteiger partial charge is 0.351 e. The summed E-state index contributed by atoms with van der Waals surface area (Å²) in [6.07, 6.45) is 3.99. The van der Waals surface area contributed by atoms with Crippen LogP contribution in [0, 0.1) is 0 Å². The minimum atomic E-state index is -3.38. The maximum Gasteiger partial charge on any atom is 0.252 e. The molecule has 1 N–H and O–H groups in total. The van der Waals surface area contributed by atoms with E-state index in [2.05, 4.69) is 12.2 Å². The zero-order valence-corrected chi connectivity index (χ0v) is 15.7. The summed E-state index contributed by atoms with van der Waals surface area (Å²) < 4.78 is 26.8. The van der Waals surface area contributed by atoms with Crippen LogP contribution < -0.4 is 5.32 Å². The second kappa shape index (κ2) is 7.32. The highest BCUT2D eigenvalue weighted by atomic mass is 32.2. The van der Waals surface area contributed by atoms with E-state index in [1.54, 1.807) is 12.1 Å². The Balaban J connectivity index is 2.01. The highest BCUT2D eigenvalue weighted by Gasteiger charge is 2.28. The van der Waals surface area contributed by atoms with Crippen LogP contribution >= 0.6 is 11.3 Å². The SMILES string of the molecule is CCCC(C)(C)NC(=O)Cc1ccc(S(=O)(=O)N2CCCC2)s1. The first-order chi connectivity index (χ1) is 10.7. The number of amides is 1. The normalized spacial score (nSPS) is 16.7. The Morgan fingerprint density at radius 3 is 2.57 bits per heavy atom. The van der Waals surface area contributed by atoms with Crippen LogP contribution in [0.1, 0.15) is 51.3 Å². The van der Waals surface area contributed by atoms with Crippen LogP contribution in [0.2, 0.25) is 0 Å². The molecule has 0 radical (unpaired) electrons. The lowest BCUT2D eigenvalue weighted by molar-refractivity contribution is -0.122. The van der Waals surface area contributed by atoms with Crippen molar-refractivity contribution in [3.05, 3.63) is 17.0 Å². The maximum atomic E-state index is 12.5. The van der Waals surface area contributed by atoms with Crippen molar-refractivity contribution in [2.75, 3.05) is 13.1 Å². The molecule has 0 aliphatic carbocycles. The van der Waals surface area contributed by atoms with Gasteiger partial charge in [-0.1, -0.05) is 13.3 Å². The Kier molecular flexibility index (Phi) is 5.86. The molecule has 1 aliphatic heterocycles. The summed E-state index contributed by atoms with van der Waals surface area (Å²) in [7, 11) is -3.38. The molecule has 1 aromatic heterocycles. The number of nitrogens with zero attached hydrogens (tertiary/aromatic N) is 1. The third-order valence-corrected chi connectivity index (χ3v) is 7.44. The third-order valence-electron chi connectivity index (χ3n) is 3.98. The van der Waals surface area contributed by atoms with E-state index in [0.717, 1.165) is 30.6 Å². The van der Waals surface area contributed by atoms with Crippen LogP contribution in [0.5, 0.6) is 0 Å². The van der Waals surface area contributed by atoms with Crippen LogP contribution in [0.4, 0.5) is 0 Å². The maximum absolute atomic E-state index is 12.5. The summed E-state index contributed by atoms with van der Waals surface area (Å²) in [4.78, 5) is 12.9. The van der Waals surface area contributed by atoms with Crippen molar-refractivity contribution in [3.8, 4) is 0 Å². The molecular weight excluding hydrogens is 332 g/mol. The molecule has 7 heteroatoms. The Labute approximate surface area is 143 Å². The van der Waals surface area contributed by atoms with Gasteiger partial charge in [0.1, 0.15) is 4.21 Å². The van der Waals surface area contributed by atoms with Gasteiger partial charge in [-0.15, -0.1) is 11.3 Å². The minimum absolute atomic E-state index is 0.0598. The molecule has 0 aromatic carbocycles. The zero-order chi connectivity index (χ0) is 17.1. The summed E-state index contributed by atoms with van der Waals surface area (Å²) in [5.74, 6) is -0.0598. The van der Waals surface area contributed by atoms with Gasteiger partial charge in [0, 0.05) is 23.5 Å². The second-order valence-corrected chi connectivity index (χ2v) is 10.0. The van der Waals surface area contributed by atoms with E-state index in [9.17, 15) is 13.2 Å². The number of carbonyl (C=O) groups excluding carboxylic acids is 1. The van der Waals surface area contributed by atoms with Gasteiger partial charge >= 0.3 is 0 Å². The van der Waals surface area contributed by atoms with Gasteiger partial charge in [0.05, 0.1) is 6.42 Å². The van der Waals surface area contributed by atoms with Crippen molar-refractivity contribution < 1.29 is 13.2 Å². The Morgan fingerprint density at radius 2 is 1.96 bits per heavy atom. The summed E-state index contributed by atoms with van der Waals surface area (Å²) in [5.41, 5.74) is -0.229. The monoisotopic (exact) mass is 358 g/mol. The lowest BCUT2D eigenvalue weighted by Crippen LogP contribution is -2.43. The van der Waals surface area contributed by atoms with Gasteiger partial charge in [-0.05, 0) is 45.2 Å². The van der Waals surface area contributed by atoms with E-state index < -0.39 is 10.0 Å². The molecule has 0 atom stereocenters. The first-order valence-corrected chi connectivity index (χ1v) is 10.4. The lowest BCUT2D eigenvalue weighted by Gasteiger charge is -2.25. The Hall–Kier alpha value is -0.920. The summed E-state index contributed by atoms with van der Waals surface area (Å²) in [5, 5.41) is 3.02. The first-order valence-electron chi connectivity index (χ1n) is 8.14. The van der Waals surface area contributed by atoms with Crippen molar-refractivity contribution in [3.63, 3.8) is 0 Å². The molecule has 1 fully saturated rings. The number of carbonyl (C=O) groups is 1. The minimum Gasteiger partial charge on any atom is -0.351 e. The molecule has 1 aliphatic rings. The predicted octanol–water partition coefficient (Wildman–Crippen LogP) is 2.77. The number of rotatable bonds is 7. The smallest absolute Gasteiger partial charge is 0.252 e. The van der Waals surface area contributed by atoms with Crippen molar-refractivity contribution in [1.29, 1.82) is 0 Å². The van der Waals surface area contributed by atoms with Gasteiger partial charge < -0.3 is 5.32 Å². The average molecular weight is 359 g/mol. The topological polar surface area (TPSA) is 66.5 Å². The summed E-state index contributed by atoms with van der Waals surface area (Å²) in [6, 6.07) is 3.37. The standard InChI is InChI=1S/C16H26N2O3S2/c1-4-9-16(2,3)17-14(19)12-13-7-8-15(22-13)23(20,21)18-10-5-6-11-18/h7-8H,4-6,9-12H2,1-3H3,(H,17,19). The van der Waals surface area contributed by atoms with Gasteiger partial charge in [0.25, 0.3) is 10.0 Å². The van der Waals surface area contributed by atoms with Crippen LogP contribution in [-0.2, 0) is 21.2 Å². The zero-order valence-electron chi connectivity index (χ0n) is 14.1. The van der Waals surface area contributed by atoms with Gasteiger partial charge in [0.2, 0.25) is 5.91 Å². The third kappa shape index (κ3) is 4.78. The number of hydrogen-bond donors (Lipinski definition) is 1. The molecule has 1 aromatic rings. The van der Waals surface area contributed by atoms with Crippen LogP contribution in [0.25, 0.3) is 0 Å². The van der Waals surface area contributed by atoms with Crippen LogP contribution in [0.3, 0.4) is 0 Å². The average Bonchev–Trinajstić information content (AvgIpc) is 3.08. The summed E-state index contributed by atoms with van der Waals surface area (Å²) in [6.45, 7) is 7.29. The molecule has 2 heterocycles. The van der Waals surface area contributed by atoms with Gasteiger partial charge in [0.15, 0.2) is 0 Å². The second-order valence-electron chi connectivity index (χ2n) is 6.69. The Bertz CT molecular complexity index is 644. The van der Waals surface area contributed by atoms with Crippen molar-refractivity contribution >= 4 is 27.3 Å². The van der Waals surface area contributed by atoms with Gasteiger partial charge in [-0.25, -0.2) is 8.42 Å². The van der Waals surface area contributed by atoms with E-state index in [4.69, 9.17) is 0 Å². The molecule has 1 amide bonds. The molecule has 23 heavy (non-hydrogen) atoms. The highest BCUT2D eigenvalue weighted by Crippen LogP contribution is 2.27. The van der Waals surface area contributed by atoms with Crippen LogP contribution in [0.15, 0.2) is 16.3 Å². The predicted molar refractivity (Wildman–Crippen MR) is 93.1 cm³/mol. The summed E-state index contributed by atoms with van der Waals surface area (Å²) >= 11 is 1.20. The van der Waals surface area contributed by atoms with E-state index in [0.29, 0.717) is 17.3 Å². The fourth-order valence-corrected chi connectivity index (χ4v) is 5.94. The molecule has 0 bridgehead atoms. The number of nitrogens with one attached hydrogen (secondary N) is 1. The number of thiophene rings is 1. The fourth-order valence-electron chi connectivity index (χ4n) is 2.91. The molecule has 0 spiro atoms. The molecular formula is C16H26N2O3S2. The first kappa shape index (κ1) is 18.4. The van der Waals surface area contributed by atoms with Crippen LogP contribution in [-0.4, -0.2) is 37.3 Å². The van der Waals surface area contributed by atoms with E-state index in [1.165, 1.54) is 15.6 Å². The van der Waals surface area contributed by atoms with Crippen molar-refractivity contribution in [1.82, 2.24) is 9.62 Å². The molecule has 2 rings (SSSR count). The molecule has 5 nitrogen and oxygen atoms in total. The number of hydrogen-bond acceptors (Lipinski definition) is 4. The fraction of sp³-hybridized carbons (Fsp3) is 0.688. The van der Waals surface area contributed by atoms with Gasteiger partial charge in [-0.2, -0.15) is 4.31 Å². The van der Waals surface area contributed by atoms with Gasteiger partial charge in [-0.3, -0.25) is 4.79 Å². The van der Waals surface area contributed by atoms with E-state index >= 15 is 0 Å². The number of sulfonamides is 1.